The lowest BCUT2D eigenvalue weighted by Crippen LogP contribution is -1.98. The molecule has 2 nitrogen and oxygen atoms in total. The molecule has 1 aromatic carbocycles. The van der Waals surface area contributed by atoms with Gasteiger partial charge in [-0.3, -0.25) is 0 Å². The van der Waals surface area contributed by atoms with E-state index < -0.39 is 0 Å². The fourth-order valence-electron chi connectivity index (χ4n) is 1.16. The van der Waals surface area contributed by atoms with Crippen LogP contribution in [0.2, 0.25) is 0 Å². The van der Waals surface area contributed by atoms with E-state index in [4.69, 9.17) is 4.74 Å². The summed E-state index contributed by atoms with van der Waals surface area (Å²) in [7, 11) is 0. The van der Waals surface area contributed by atoms with Crippen molar-refractivity contribution in [3.8, 4) is 11.5 Å². The summed E-state index contributed by atoms with van der Waals surface area (Å²) in [5.41, 5.74) is 2.16. The molecular weight excluding hydrogens is 164 g/mol. The molecule has 1 rings (SSSR count). The summed E-state index contributed by atoms with van der Waals surface area (Å²) < 4.78 is 5.45. The summed E-state index contributed by atoms with van der Waals surface area (Å²) in [6.45, 7) is 6.66. The third-order valence-electron chi connectivity index (χ3n) is 2.11. The molecule has 0 radical (unpaired) electrons. The van der Waals surface area contributed by atoms with Crippen LogP contribution in [0.1, 0.15) is 24.5 Å². The Bertz CT molecular complexity index is 292. The molecule has 0 saturated heterocycles. The maximum absolute atomic E-state index is 9.52. The minimum absolute atomic E-state index is 0.233. The van der Waals surface area contributed by atoms with Crippen molar-refractivity contribution in [2.75, 3.05) is 6.61 Å². The molecule has 0 fully saturated rings. The van der Waals surface area contributed by atoms with Crippen LogP contribution in [0.3, 0.4) is 0 Å². The van der Waals surface area contributed by atoms with Crippen LogP contribution in [0.25, 0.3) is 0 Å². The third-order valence-corrected chi connectivity index (χ3v) is 2.11. The topological polar surface area (TPSA) is 29.5 Å². The second kappa shape index (κ2) is 4.17. The van der Waals surface area contributed by atoms with E-state index >= 15 is 0 Å². The van der Waals surface area contributed by atoms with Gasteiger partial charge in [-0.2, -0.15) is 0 Å². The number of benzene rings is 1. The van der Waals surface area contributed by atoms with Gasteiger partial charge in [0.05, 0.1) is 6.61 Å². The van der Waals surface area contributed by atoms with Crippen LogP contribution >= 0.6 is 0 Å². The molecule has 0 heterocycles. The standard InChI is InChI=1S/C11H16O2/c1-4-7-13-11-9(3)8(2)5-6-10(11)12/h5-6,12H,4,7H2,1-3H3. The van der Waals surface area contributed by atoms with Crippen molar-refractivity contribution >= 4 is 0 Å². The van der Waals surface area contributed by atoms with Gasteiger partial charge in [0.1, 0.15) is 0 Å². The maximum atomic E-state index is 9.52. The molecule has 0 aliphatic carbocycles. The van der Waals surface area contributed by atoms with Crippen molar-refractivity contribution in [2.24, 2.45) is 0 Å². The average molecular weight is 180 g/mol. The predicted octanol–water partition coefficient (Wildman–Crippen LogP) is 2.80. The molecule has 2 heteroatoms. The van der Waals surface area contributed by atoms with Crippen molar-refractivity contribution in [1.29, 1.82) is 0 Å². The molecule has 0 aliphatic rings. The van der Waals surface area contributed by atoms with Crippen LogP contribution in [0.5, 0.6) is 11.5 Å². The first-order chi connectivity index (χ1) is 6.16. The number of aryl methyl sites for hydroxylation is 1. The SMILES string of the molecule is CCCOc1c(O)ccc(C)c1C. The summed E-state index contributed by atoms with van der Waals surface area (Å²) >= 11 is 0. The molecule has 0 bridgehead atoms. The highest BCUT2D eigenvalue weighted by molar-refractivity contribution is 5.48. The maximum Gasteiger partial charge on any atom is 0.164 e. The smallest absolute Gasteiger partial charge is 0.164 e. The number of aromatic hydroxyl groups is 1. The van der Waals surface area contributed by atoms with Gasteiger partial charge >= 0.3 is 0 Å². The minimum Gasteiger partial charge on any atom is -0.504 e. The van der Waals surface area contributed by atoms with Crippen LogP contribution < -0.4 is 4.74 Å². The fraction of sp³-hybridized carbons (Fsp3) is 0.455. The van der Waals surface area contributed by atoms with Crippen molar-refractivity contribution in [1.82, 2.24) is 0 Å². The molecule has 0 aliphatic heterocycles. The van der Waals surface area contributed by atoms with E-state index in [1.165, 1.54) is 0 Å². The van der Waals surface area contributed by atoms with Crippen molar-refractivity contribution in [2.45, 2.75) is 27.2 Å². The Labute approximate surface area is 79.2 Å². The molecular formula is C11H16O2. The second-order valence-electron chi connectivity index (χ2n) is 3.20. The van der Waals surface area contributed by atoms with Crippen LogP contribution in [-0.4, -0.2) is 11.7 Å². The second-order valence-corrected chi connectivity index (χ2v) is 3.20. The van der Waals surface area contributed by atoms with Gasteiger partial charge in [0.25, 0.3) is 0 Å². The molecule has 13 heavy (non-hydrogen) atoms. The number of hydrogen-bond donors (Lipinski definition) is 1. The van der Waals surface area contributed by atoms with E-state index in [0.29, 0.717) is 12.4 Å². The van der Waals surface area contributed by atoms with Crippen LogP contribution in [-0.2, 0) is 0 Å². The highest BCUT2D eigenvalue weighted by atomic mass is 16.5. The molecule has 0 atom stereocenters. The summed E-state index contributed by atoms with van der Waals surface area (Å²) in [4.78, 5) is 0. The predicted molar refractivity (Wildman–Crippen MR) is 53.4 cm³/mol. The lowest BCUT2D eigenvalue weighted by Gasteiger charge is -2.11. The lowest BCUT2D eigenvalue weighted by molar-refractivity contribution is 0.297. The van der Waals surface area contributed by atoms with Gasteiger partial charge < -0.3 is 9.84 Å². The Morgan fingerprint density at radius 2 is 2.00 bits per heavy atom. The summed E-state index contributed by atoms with van der Waals surface area (Å²) in [6.07, 6.45) is 0.951. The van der Waals surface area contributed by atoms with Gasteiger partial charge in [-0.25, -0.2) is 0 Å². The molecule has 1 aromatic rings. The zero-order valence-electron chi connectivity index (χ0n) is 8.42. The van der Waals surface area contributed by atoms with Crippen LogP contribution in [0.15, 0.2) is 12.1 Å². The number of hydrogen-bond acceptors (Lipinski definition) is 2. The van der Waals surface area contributed by atoms with Gasteiger partial charge in [-0.15, -0.1) is 0 Å². The van der Waals surface area contributed by atoms with Gasteiger partial charge in [-0.1, -0.05) is 13.0 Å². The Morgan fingerprint density at radius 3 is 2.62 bits per heavy atom. The van der Waals surface area contributed by atoms with Gasteiger partial charge in [0.2, 0.25) is 0 Å². The van der Waals surface area contributed by atoms with E-state index in [-0.39, 0.29) is 5.75 Å². The van der Waals surface area contributed by atoms with E-state index in [9.17, 15) is 5.11 Å². The summed E-state index contributed by atoms with van der Waals surface area (Å²) in [5.74, 6) is 0.860. The first-order valence-electron chi connectivity index (χ1n) is 4.58. The Kier molecular flexibility index (Phi) is 3.18. The fourth-order valence-corrected chi connectivity index (χ4v) is 1.16. The molecule has 0 aromatic heterocycles. The molecule has 0 amide bonds. The Balaban J connectivity index is 2.96. The largest absolute Gasteiger partial charge is 0.504 e. The number of rotatable bonds is 3. The van der Waals surface area contributed by atoms with E-state index in [1.54, 1.807) is 6.07 Å². The summed E-state index contributed by atoms with van der Waals surface area (Å²) in [6, 6.07) is 3.57. The third kappa shape index (κ3) is 2.14. The van der Waals surface area contributed by atoms with E-state index in [2.05, 4.69) is 0 Å². The first kappa shape index (κ1) is 9.90. The van der Waals surface area contributed by atoms with Crippen LogP contribution in [0, 0.1) is 13.8 Å². The molecule has 72 valence electrons. The van der Waals surface area contributed by atoms with Gasteiger partial charge in [0, 0.05) is 0 Å². The van der Waals surface area contributed by atoms with E-state index in [1.807, 2.05) is 26.8 Å². The minimum atomic E-state index is 0.233. The highest BCUT2D eigenvalue weighted by Gasteiger charge is 2.07. The van der Waals surface area contributed by atoms with Gasteiger partial charge in [0.15, 0.2) is 11.5 Å². The van der Waals surface area contributed by atoms with Crippen molar-refractivity contribution in [3.05, 3.63) is 23.3 Å². The highest BCUT2D eigenvalue weighted by Crippen LogP contribution is 2.31. The number of ether oxygens (including phenoxy) is 1. The number of phenols is 1. The molecule has 0 unspecified atom stereocenters. The Morgan fingerprint density at radius 1 is 1.31 bits per heavy atom. The summed E-state index contributed by atoms with van der Waals surface area (Å²) in [5, 5.41) is 9.52. The molecule has 0 saturated carbocycles. The normalized spacial score (nSPS) is 10.1. The lowest BCUT2D eigenvalue weighted by atomic mass is 10.1. The number of phenolic OH excluding ortho intramolecular Hbond substituents is 1. The zero-order chi connectivity index (χ0) is 9.84. The van der Waals surface area contributed by atoms with E-state index in [0.717, 1.165) is 17.5 Å². The monoisotopic (exact) mass is 180 g/mol. The van der Waals surface area contributed by atoms with Crippen molar-refractivity contribution in [3.63, 3.8) is 0 Å². The molecule has 1 N–H and O–H groups in total. The Hall–Kier alpha value is -1.18. The average Bonchev–Trinajstić information content (AvgIpc) is 2.12. The van der Waals surface area contributed by atoms with Gasteiger partial charge in [-0.05, 0) is 37.5 Å². The first-order valence-corrected chi connectivity index (χ1v) is 4.58. The van der Waals surface area contributed by atoms with Crippen LogP contribution in [0.4, 0.5) is 0 Å². The molecule has 0 spiro atoms. The van der Waals surface area contributed by atoms with Crippen molar-refractivity contribution < 1.29 is 9.84 Å². The zero-order valence-corrected chi connectivity index (χ0v) is 8.42. The quantitative estimate of drug-likeness (QED) is 0.775.